The molecule has 2 heterocycles. The molecule has 1 saturated heterocycles. The molecular weight excluding hydrogens is 262 g/mol. The van der Waals surface area contributed by atoms with Crippen molar-refractivity contribution >= 4 is 11.6 Å². The molecule has 0 spiro atoms. The van der Waals surface area contributed by atoms with Gasteiger partial charge in [0.15, 0.2) is 0 Å². The van der Waals surface area contributed by atoms with Crippen LogP contribution >= 0.6 is 11.6 Å². The van der Waals surface area contributed by atoms with E-state index in [1.807, 2.05) is 0 Å². The zero-order chi connectivity index (χ0) is 13.9. The molecule has 2 rings (SSSR count). The van der Waals surface area contributed by atoms with E-state index in [0.717, 1.165) is 31.1 Å². The zero-order valence-electron chi connectivity index (χ0n) is 12.2. The van der Waals surface area contributed by atoms with E-state index in [1.54, 1.807) is 0 Å². The molecule has 19 heavy (non-hydrogen) atoms. The Hall–Kier alpha value is -0.610. The van der Waals surface area contributed by atoms with Crippen molar-refractivity contribution in [1.29, 1.82) is 0 Å². The number of aryl methyl sites for hydroxylation is 1. The fourth-order valence-corrected chi connectivity index (χ4v) is 2.87. The lowest BCUT2D eigenvalue weighted by Crippen LogP contribution is -2.27. The van der Waals surface area contributed by atoms with Crippen LogP contribution in [0.5, 0.6) is 0 Å². The SMILES string of the molecule is CC(C)(C)n1c(CCl)nnc1CCC1CCCCO1. The molecule has 108 valence electrons. The summed E-state index contributed by atoms with van der Waals surface area (Å²) in [6, 6.07) is 0. The number of rotatable bonds is 4. The maximum Gasteiger partial charge on any atom is 0.148 e. The first kappa shape index (κ1) is 14.8. The van der Waals surface area contributed by atoms with Gasteiger partial charge in [-0.25, -0.2) is 0 Å². The molecule has 0 radical (unpaired) electrons. The van der Waals surface area contributed by atoms with Crippen LogP contribution in [0.25, 0.3) is 0 Å². The summed E-state index contributed by atoms with van der Waals surface area (Å²) in [4.78, 5) is 0. The van der Waals surface area contributed by atoms with E-state index in [2.05, 4.69) is 35.5 Å². The highest BCUT2D eigenvalue weighted by atomic mass is 35.5. The third-order valence-corrected chi connectivity index (χ3v) is 3.79. The van der Waals surface area contributed by atoms with E-state index >= 15 is 0 Å². The van der Waals surface area contributed by atoms with E-state index in [4.69, 9.17) is 16.3 Å². The lowest BCUT2D eigenvalue weighted by molar-refractivity contribution is 0.0109. The summed E-state index contributed by atoms with van der Waals surface area (Å²) in [7, 11) is 0. The normalized spacial score (nSPS) is 20.7. The Balaban J connectivity index is 2.05. The van der Waals surface area contributed by atoms with Gasteiger partial charge in [-0.05, 0) is 46.5 Å². The van der Waals surface area contributed by atoms with Crippen molar-refractivity contribution in [1.82, 2.24) is 14.8 Å². The Labute approximate surface area is 120 Å². The van der Waals surface area contributed by atoms with Gasteiger partial charge in [0.1, 0.15) is 11.6 Å². The molecule has 1 aromatic heterocycles. The molecule has 1 unspecified atom stereocenters. The van der Waals surface area contributed by atoms with E-state index in [-0.39, 0.29) is 5.54 Å². The topological polar surface area (TPSA) is 39.9 Å². The van der Waals surface area contributed by atoms with Gasteiger partial charge in [0.05, 0.1) is 12.0 Å². The molecule has 0 aromatic carbocycles. The van der Waals surface area contributed by atoms with Crippen LogP contribution in [0.3, 0.4) is 0 Å². The minimum atomic E-state index is -0.0313. The Morgan fingerprint density at radius 3 is 2.58 bits per heavy atom. The molecule has 1 aliphatic heterocycles. The highest BCUT2D eigenvalue weighted by Gasteiger charge is 2.23. The van der Waals surface area contributed by atoms with Crippen LogP contribution < -0.4 is 0 Å². The highest BCUT2D eigenvalue weighted by molar-refractivity contribution is 6.16. The zero-order valence-corrected chi connectivity index (χ0v) is 12.9. The van der Waals surface area contributed by atoms with E-state index in [9.17, 15) is 0 Å². The van der Waals surface area contributed by atoms with E-state index < -0.39 is 0 Å². The monoisotopic (exact) mass is 285 g/mol. The number of halogens is 1. The molecule has 1 atom stereocenters. The predicted molar refractivity (Wildman–Crippen MR) is 76.5 cm³/mol. The van der Waals surface area contributed by atoms with Gasteiger partial charge in [-0.3, -0.25) is 0 Å². The van der Waals surface area contributed by atoms with Crippen LogP contribution in [-0.4, -0.2) is 27.5 Å². The van der Waals surface area contributed by atoms with Crippen molar-refractivity contribution in [2.45, 2.75) is 70.4 Å². The number of aromatic nitrogens is 3. The van der Waals surface area contributed by atoms with Gasteiger partial charge >= 0.3 is 0 Å². The van der Waals surface area contributed by atoms with Gasteiger partial charge in [-0.1, -0.05) is 0 Å². The Morgan fingerprint density at radius 2 is 2.00 bits per heavy atom. The highest BCUT2D eigenvalue weighted by Crippen LogP contribution is 2.22. The van der Waals surface area contributed by atoms with Crippen molar-refractivity contribution in [3.8, 4) is 0 Å². The van der Waals surface area contributed by atoms with Crippen LogP contribution in [0, 0.1) is 0 Å². The van der Waals surface area contributed by atoms with Crippen molar-refractivity contribution in [2.75, 3.05) is 6.61 Å². The molecule has 1 aromatic rings. The molecule has 0 amide bonds. The van der Waals surface area contributed by atoms with Crippen LogP contribution in [-0.2, 0) is 22.6 Å². The summed E-state index contributed by atoms with van der Waals surface area (Å²) < 4.78 is 7.94. The van der Waals surface area contributed by atoms with E-state index in [1.165, 1.54) is 19.3 Å². The van der Waals surface area contributed by atoms with Crippen LogP contribution in [0.1, 0.15) is 58.1 Å². The molecule has 0 N–H and O–H groups in total. The first-order valence-corrected chi connectivity index (χ1v) is 7.67. The third kappa shape index (κ3) is 3.69. The second-order valence-corrected chi connectivity index (χ2v) is 6.47. The Bertz CT molecular complexity index is 405. The molecule has 0 saturated carbocycles. The number of hydrogen-bond acceptors (Lipinski definition) is 3. The average molecular weight is 286 g/mol. The largest absolute Gasteiger partial charge is 0.378 e. The summed E-state index contributed by atoms with van der Waals surface area (Å²) in [6.45, 7) is 7.39. The van der Waals surface area contributed by atoms with Crippen molar-refractivity contribution in [3.63, 3.8) is 0 Å². The summed E-state index contributed by atoms with van der Waals surface area (Å²) in [5.74, 6) is 2.29. The number of hydrogen-bond donors (Lipinski definition) is 0. The molecular formula is C14H24ClN3O. The number of nitrogens with zero attached hydrogens (tertiary/aromatic N) is 3. The van der Waals surface area contributed by atoms with Gasteiger partial charge < -0.3 is 9.30 Å². The standard InChI is InChI=1S/C14H24ClN3O/c1-14(2,3)18-12(16-17-13(18)10-15)8-7-11-6-4-5-9-19-11/h11H,4-10H2,1-3H3. The molecule has 1 aliphatic rings. The van der Waals surface area contributed by atoms with Crippen molar-refractivity contribution in [3.05, 3.63) is 11.6 Å². The van der Waals surface area contributed by atoms with Crippen molar-refractivity contribution in [2.24, 2.45) is 0 Å². The predicted octanol–water partition coefficient (Wildman–Crippen LogP) is 3.27. The number of alkyl halides is 1. The lowest BCUT2D eigenvalue weighted by atomic mass is 10.0. The molecule has 5 heteroatoms. The van der Waals surface area contributed by atoms with Crippen LogP contribution in [0.15, 0.2) is 0 Å². The first-order chi connectivity index (χ1) is 9.02. The Morgan fingerprint density at radius 1 is 1.26 bits per heavy atom. The van der Waals surface area contributed by atoms with Gasteiger partial charge in [0.2, 0.25) is 0 Å². The summed E-state index contributed by atoms with van der Waals surface area (Å²) in [5.41, 5.74) is -0.0313. The fraction of sp³-hybridized carbons (Fsp3) is 0.857. The number of ether oxygens (including phenoxy) is 1. The Kier molecular flexibility index (Phi) is 4.85. The minimum absolute atomic E-state index is 0.0313. The van der Waals surface area contributed by atoms with Gasteiger partial charge in [-0.15, -0.1) is 21.8 Å². The summed E-state index contributed by atoms with van der Waals surface area (Å²) >= 11 is 5.95. The second kappa shape index (κ2) is 6.23. The maximum atomic E-state index is 5.95. The first-order valence-electron chi connectivity index (χ1n) is 7.13. The summed E-state index contributed by atoms with van der Waals surface area (Å²) in [5, 5.41) is 8.52. The minimum Gasteiger partial charge on any atom is -0.378 e. The third-order valence-electron chi connectivity index (χ3n) is 3.55. The van der Waals surface area contributed by atoms with E-state index in [0.29, 0.717) is 12.0 Å². The van der Waals surface area contributed by atoms with Crippen LogP contribution in [0.2, 0.25) is 0 Å². The summed E-state index contributed by atoms with van der Waals surface area (Å²) in [6.07, 6.45) is 5.97. The molecule has 4 nitrogen and oxygen atoms in total. The molecule has 0 bridgehead atoms. The average Bonchev–Trinajstić information content (AvgIpc) is 2.80. The lowest BCUT2D eigenvalue weighted by Gasteiger charge is -2.26. The second-order valence-electron chi connectivity index (χ2n) is 6.20. The van der Waals surface area contributed by atoms with Crippen LogP contribution in [0.4, 0.5) is 0 Å². The quantitative estimate of drug-likeness (QED) is 0.797. The smallest absolute Gasteiger partial charge is 0.148 e. The molecule has 0 aliphatic carbocycles. The molecule has 1 fully saturated rings. The van der Waals surface area contributed by atoms with Gasteiger partial charge in [0.25, 0.3) is 0 Å². The fourth-order valence-electron chi connectivity index (χ4n) is 2.70. The van der Waals surface area contributed by atoms with Gasteiger partial charge in [0, 0.05) is 18.6 Å². The maximum absolute atomic E-state index is 5.95. The van der Waals surface area contributed by atoms with Crippen molar-refractivity contribution < 1.29 is 4.74 Å². The van der Waals surface area contributed by atoms with Gasteiger partial charge in [-0.2, -0.15) is 0 Å².